The summed E-state index contributed by atoms with van der Waals surface area (Å²) in [6, 6.07) is -0.437. The van der Waals surface area contributed by atoms with E-state index >= 15 is 0 Å². The van der Waals surface area contributed by atoms with E-state index in [0.717, 1.165) is 5.69 Å². The quantitative estimate of drug-likeness (QED) is 0.884. The molecule has 0 aliphatic rings. The molecular formula is C12H19N5O2S. The van der Waals surface area contributed by atoms with Crippen LogP contribution in [0.5, 0.6) is 0 Å². The van der Waals surface area contributed by atoms with E-state index in [-0.39, 0.29) is 4.90 Å². The third-order valence-corrected chi connectivity index (χ3v) is 4.97. The largest absolute Gasteiger partial charge is 0.345 e. The molecule has 0 aromatic carbocycles. The molecular weight excluding hydrogens is 278 g/mol. The van der Waals surface area contributed by atoms with Crippen molar-refractivity contribution >= 4 is 10.0 Å². The Hall–Kier alpha value is -1.67. The molecule has 1 atom stereocenters. The van der Waals surface area contributed by atoms with Crippen LogP contribution < -0.4 is 4.72 Å². The number of hydrogen-bond acceptors (Lipinski definition) is 4. The Balaban J connectivity index is 2.32. The van der Waals surface area contributed by atoms with Crippen LogP contribution in [-0.4, -0.2) is 28.2 Å². The number of H-pyrrole nitrogens is 1. The first kappa shape index (κ1) is 14.7. The lowest BCUT2D eigenvalue weighted by Crippen LogP contribution is -2.28. The Bertz CT molecular complexity index is 729. The number of aromatic amines is 1. The molecule has 0 fully saturated rings. The summed E-state index contributed by atoms with van der Waals surface area (Å²) in [4.78, 5) is 7.40. The van der Waals surface area contributed by atoms with Crippen LogP contribution in [0, 0.1) is 20.8 Å². The fraction of sp³-hybridized carbons (Fsp3) is 0.500. The molecule has 0 aliphatic carbocycles. The third kappa shape index (κ3) is 2.61. The Morgan fingerprint density at radius 3 is 2.45 bits per heavy atom. The second-order valence-corrected chi connectivity index (χ2v) is 6.57. The molecule has 1 unspecified atom stereocenters. The van der Waals surface area contributed by atoms with Crippen LogP contribution in [0.1, 0.15) is 35.9 Å². The molecule has 0 amide bonds. The lowest BCUT2D eigenvalue weighted by atomic mass is 10.3. The monoisotopic (exact) mass is 297 g/mol. The molecule has 2 aromatic rings. The van der Waals surface area contributed by atoms with Gasteiger partial charge in [0.15, 0.2) is 0 Å². The number of rotatable bonds is 4. The summed E-state index contributed by atoms with van der Waals surface area (Å²) in [6.07, 6.45) is 1.67. The topological polar surface area (TPSA) is 92.7 Å². The van der Waals surface area contributed by atoms with Gasteiger partial charge in [0, 0.05) is 18.9 Å². The molecule has 7 nitrogen and oxygen atoms in total. The highest BCUT2D eigenvalue weighted by Crippen LogP contribution is 2.20. The predicted molar refractivity (Wildman–Crippen MR) is 74.7 cm³/mol. The summed E-state index contributed by atoms with van der Waals surface area (Å²) in [5.74, 6) is 0.588. The smallest absolute Gasteiger partial charge is 0.244 e. The van der Waals surface area contributed by atoms with E-state index in [4.69, 9.17) is 0 Å². The molecule has 0 saturated carbocycles. The van der Waals surface area contributed by atoms with E-state index in [1.807, 2.05) is 6.92 Å². The lowest BCUT2D eigenvalue weighted by Gasteiger charge is -2.12. The Morgan fingerprint density at radius 1 is 1.35 bits per heavy atom. The van der Waals surface area contributed by atoms with Gasteiger partial charge in [-0.25, -0.2) is 18.1 Å². The van der Waals surface area contributed by atoms with E-state index in [2.05, 4.69) is 19.8 Å². The van der Waals surface area contributed by atoms with Crippen molar-refractivity contribution in [2.75, 3.05) is 0 Å². The Labute approximate surface area is 118 Å². The van der Waals surface area contributed by atoms with Gasteiger partial charge in [0.25, 0.3) is 0 Å². The molecule has 2 aromatic heterocycles. The van der Waals surface area contributed by atoms with E-state index in [0.29, 0.717) is 17.2 Å². The zero-order chi connectivity index (χ0) is 15.1. The van der Waals surface area contributed by atoms with E-state index < -0.39 is 16.1 Å². The van der Waals surface area contributed by atoms with Gasteiger partial charge >= 0.3 is 0 Å². The van der Waals surface area contributed by atoms with E-state index in [9.17, 15) is 8.42 Å². The summed E-state index contributed by atoms with van der Waals surface area (Å²) in [7, 11) is -1.91. The summed E-state index contributed by atoms with van der Waals surface area (Å²) in [5, 5.41) is 4.14. The SMILES string of the molecule is Cc1cnc(C(C)NS(=O)(=O)c2c(C)nn(C)c2C)[nH]1. The van der Waals surface area contributed by atoms with Gasteiger partial charge in [0.05, 0.1) is 17.4 Å². The minimum absolute atomic E-state index is 0.232. The van der Waals surface area contributed by atoms with Gasteiger partial charge in [0.1, 0.15) is 10.7 Å². The highest BCUT2D eigenvalue weighted by molar-refractivity contribution is 7.89. The highest BCUT2D eigenvalue weighted by Gasteiger charge is 2.26. The first-order valence-electron chi connectivity index (χ1n) is 6.26. The minimum Gasteiger partial charge on any atom is -0.345 e. The van der Waals surface area contributed by atoms with Gasteiger partial charge in [-0.1, -0.05) is 0 Å². The summed E-state index contributed by atoms with van der Waals surface area (Å²) in [5.41, 5.74) is 1.98. The Kier molecular flexibility index (Phi) is 3.70. The molecule has 0 radical (unpaired) electrons. The molecule has 110 valence electrons. The molecule has 2 rings (SSSR count). The fourth-order valence-corrected chi connectivity index (χ4v) is 3.79. The van der Waals surface area contributed by atoms with Crippen molar-refractivity contribution in [1.29, 1.82) is 0 Å². The van der Waals surface area contributed by atoms with Crippen LogP contribution >= 0.6 is 0 Å². The number of aromatic nitrogens is 4. The predicted octanol–water partition coefficient (Wildman–Crippen LogP) is 1.11. The number of hydrogen-bond donors (Lipinski definition) is 2. The van der Waals surface area contributed by atoms with Crippen LogP contribution in [0.4, 0.5) is 0 Å². The number of nitrogens with zero attached hydrogens (tertiary/aromatic N) is 3. The summed E-state index contributed by atoms with van der Waals surface area (Å²) >= 11 is 0. The standard InChI is InChI=1S/C12H19N5O2S/c1-7-6-13-12(14-7)9(3)16-20(18,19)11-8(2)15-17(5)10(11)4/h6,9,16H,1-5H3,(H,13,14). The van der Waals surface area contributed by atoms with Crippen molar-refractivity contribution in [1.82, 2.24) is 24.5 Å². The van der Waals surface area contributed by atoms with Gasteiger partial charge in [0.2, 0.25) is 10.0 Å². The number of nitrogens with one attached hydrogen (secondary N) is 2. The second-order valence-electron chi connectivity index (χ2n) is 4.92. The van der Waals surface area contributed by atoms with Gasteiger partial charge in [-0.2, -0.15) is 5.10 Å². The van der Waals surface area contributed by atoms with Crippen molar-refractivity contribution in [3.05, 3.63) is 29.1 Å². The number of imidazole rings is 1. The average molecular weight is 297 g/mol. The fourth-order valence-electron chi connectivity index (χ4n) is 2.14. The van der Waals surface area contributed by atoms with E-state index in [1.165, 1.54) is 0 Å². The van der Waals surface area contributed by atoms with Gasteiger partial charge in [-0.3, -0.25) is 4.68 Å². The van der Waals surface area contributed by atoms with Crippen LogP contribution in [0.3, 0.4) is 0 Å². The van der Waals surface area contributed by atoms with Crippen LogP contribution in [0.2, 0.25) is 0 Å². The zero-order valence-electron chi connectivity index (χ0n) is 12.2. The number of sulfonamides is 1. The maximum Gasteiger partial charge on any atom is 0.244 e. The molecule has 0 aliphatic heterocycles. The zero-order valence-corrected chi connectivity index (χ0v) is 13.0. The normalized spacial score (nSPS) is 13.7. The maximum absolute atomic E-state index is 12.5. The average Bonchev–Trinajstić information content (AvgIpc) is 2.84. The minimum atomic E-state index is -3.63. The molecule has 2 N–H and O–H groups in total. The van der Waals surface area contributed by atoms with Crippen molar-refractivity contribution in [2.45, 2.75) is 38.6 Å². The van der Waals surface area contributed by atoms with Gasteiger partial charge in [-0.05, 0) is 27.7 Å². The first-order chi connectivity index (χ1) is 9.22. The maximum atomic E-state index is 12.5. The third-order valence-electron chi connectivity index (χ3n) is 3.18. The number of aryl methyl sites for hydroxylation is 3. The summed E-state index contributed by atoms with van der Waals surface area (Å²) < 4.78 is 29.1. The second kappa shape index (κ2) is 5.02. The lowest BCUT2D eigenvalue weighted by molar-refractivity contribution is 0.559. The molecule has 0 saturated heterocycles. The van der Waals surface area contributed by atoms with Crippen LogP contribution in [0.15, 0.2) is 11.1 Å². The van der Waals surface area contributed by atoms with Crippen molar-refractivity contribution < 1.29 is 8.42 Å². The molecule has 20 heavy (non-hydrogen) atoms. The van der Waals surface area contributed by atoms with Gasteiger partial charge < -0.3 is 4.98 Å². The molecule has 2 heterocycles. The molecule has 0 spiro atoms. The van der Waals surface area contributed by atoms with Crippen molar-refractivity contribution in [3.8, 4) is 0 Å². The molecule has 0 bridgehead atoms. The Morgan fingerprint density at radius 2 is 2.00 bits per heavy atom. The molecule has 8 heteroatoms. The van der Waals surface area contributed by atoms with Crippen molar-refractivity contribution in [2.24, 2.45) is 7.05 Å². The van der Waals surface area contributed by atoms with Gasteiger partial charge in [-0.15, -0.1) is 0 Å². The highest BCUT2D eigenvalue weighted by atomic mass is 32.2. The van der Waals surface area contributed by atoms with Crippen LogP contribution in [-0.2, 0) is 17.1 Å². The first-order valence-corrected chi connectivity index (χ1v) is 7.74. The van der Waals surface area contributed by atoms with Crippen LogP contribution in [0.25, 0.3) is 0 Å². The summed E-state index contributed by atoms with van der Waals surface area (Å²) in [6.45, 7) is 7.03. The van der Waals surface area contributed by atoms with E-state index in [1.54, 1.807) is 38.7 Å². The van der Waals surface area contributed by atoms with Crippen molar-refractivity contribution in [3.63, 3.8) is 0 Å².